The molecule has 1 atom stereocenters. The summed E-state index contributed by atoms with van der Waals surface area (Å²) in [6, 6.07) is 6.61. The van der Waals surface area contributed by atoms with Crippen LogP contribution in [0.1, 0.15) is 37.0 Å². The van der Waals surface area contributed by atoms with Gasteiger partial charge < -0.3 is 11.1 Å². The van der Waals surface area contributed by atoms with Gasteiger partial charge in [0.1, 0.15) is 0 Å². The molecule has 0 aliphatic rings. The van der Waals surface area contributed by atoms with E-state index >= 15 is 0 Å². The van der Waals surface area contributed by atoms with E-state index in [0.29, 0.717) is 12.5 Å². The Bertz CT molecular complexity index is 541. The van der Waals surface area contributed by atoms with Crippen molar-refractivity contribution in [3.05, 3.63) is 65.9 Å². The molecular formula is C20H30N2. The summed E-state index contributed by atoms with van der Waals surface area (Å²) in [5, 5.41) is 3.19. The molecule has 0 radical (unpaired) electrons. The van der Waals surface area contributed by atoms with Crippen LogP contribution in [0.2, 0.25) is 0 Å². The molecule has 0 aliphatic carbocycles. The van der Waals surface area contributed by atoms with Gasteiger partial charge in [0.25, 0.3) is 0 Å². The number of hydrogen-bond acceptors (Lipinski definition) is 2. The van der Waals surface area contributed by atoms with Crippen molar-refractivity contribution in [1.82, 2.24) is 5.32 Å². The Morgan fingerprint density at radius 3 is 2.73 bits per heavy atom. The maximum absolute atomic E-state index is 5.70. The Morgan fingerprint density at radius 2 is 2.14 bits per heavy atom. The molecule has 1 rings (SSSR count). The van der Waals surface area contributed by atoms with Crippen LogP contribution in [0.25, 0.3) is 5.57 Å². The highest BCUT2D eigenvalue weighted by molar-refractivity contribution is 5.67. The molecule has 0 saturated carbocycles. The molecule has 0 fully saturated rings. The van der Waals surface area contributed by atoms with Crippen LogP contribution in [-0.4, -0.2) is 13.1 Å². The van der Waals surface area contributed by atoms with Gasteiger partial charge in [-0.2, -0.15) is 0 Å². The lowest BCUT2D eigenvalue weighted by Gasteiger charge is -2.16. The van der Waals surface area contributed by atoms with E-state index in [2.05, 4.69) is 63.5 Å². The van der Waals surface area contributed by atoms with E-state index in [1.54, 1.807) is 6.20 Å². The molecule has 120 valence electrons. The maximum atomic E-state index is 5.70. The quantitative estimate of drug-likeness (QED) is 0.670. The molecule has 0 saturated heterocycles. The molecule has 0 aliphatic heterocycles. The van der Waals surface area contributed by atoms with Crippen molar-refractivity contribution in [2.45, 2.75) is 33.6 Å². The van der Waals surface area contributed by atoms with Crippen LogP contribution in [0.4, 0.5) is 0 Å². The number of nitrogens with one attached hydrogen (secondary N) is 1. The summed E-state index contributed by atoms with van der Waals surface area (Å²) in [4.78, 5) is 0. The Labute approximate surface area is 135 Å². The molecule has 0 bridgehead atoms. The first-order valence-electron chi connectivity index (χ1n) is 8.04. The summed E-state index contributed by atoms with van der Waals surface area (Å²) < 4.78 is 0. The van der Waals surface area contributed by atoms with Gasteiger partial charge in [-0.3, -0.25) is 0 Å². The van der Waals surface area contributed by atoms with Gasteiger partial charge in [0.2, 0.25) is 0 Å². The fourth-order valence-electron chi connectivity index (χ4n) is 2.58. The average Bonchev–Trinajstić information content (AvgIpc) is 2.50. The molecule has 1 aromatic carbocycles. The van der Waals surface area contributed by atoms with Gasteiger partial charge >= 0.3 is 0 Å². The van der Waals surface area contributed by atoms with Crippen molar-refractivity contribution in [2.75, 3.05) is 13.1 Å². The van der Waals surface area contributed by atoms with Crippen LogP contribution < -0.4 is 11.1 Å². The summed E-state index contributed by atoms with van der Waals surface area (Å²) in [6.45, 7) is 16.0. The minimum Gasteiger partial charge on any atom is -0.391 e. The third-order valence-electron chi connectivity index (χ3n) is 4.15. The predicted octanol–water partition coefficient (Wildman–Crippen LogP) is 4.22. The fourth-order valence-corrected chi connectivity index (χ4v) is 2.58. The molecule has 1 unspecified atom stereocenters. The molecule has 2 nitrogen and oxygen atoms in total. The second-order valence-electron chi connectivity index (χ2n) is 5.80. The number of allylic oxidation sites excluding steroid dienone is 2. The molecule has 22 heavy (non-hydrogen) atoms. The summed E-state index contributed by atoms with van der Waals surface area (Å²) in [5.41, 5.74) is 12.0. The Balaban J connectivity index is 2.93. The zero-order valence-electron chi connectivity index (χ0n) is 14.3. The van der Waals surface area contributed by atoms with Crippen LogP contribution in [0.15, 0.2) is 49.2 Å². The topological polar surface area (TPSA) is 38.0 Å². The Kier molecular flexibility index (Phi) is 7.69. The first kappa shape index (κ1) is 18.2. The van der Waals surface area contributed by atoms with Crippen LogP contribution in [-0.2, 0) is 6.42 Å². The van der Waals surface area contributed by atoms with Gasteiger partial charge in [-0.1, -0.05) is 49.9 Å². The maximum Gasteiger partial charge on any atom is 0.0209 e. The first-order chi connectivity index (χ1) is 10.5. The highest BCUT2D eigenvalue weighted by Crippen LogP contribution is 2.23. The monoisotopic (exact) mass is 298 g/mol. The number of aryl methyl sites for hydroxylation is 1. The lowest BCUT2D eigenvalue weighted by molar-refractivity contribution is 0.577. The van der Waals surface area contributed by atoms with Gasteiger partial charge in [0.05, 0.1) is 0 Å². The summed E-state index contributed by atoms with van der Waals surface area (Å²) in [6.07, 6.45) is 5.94. The molecule has 0 heterocycles. The standard InChI is InChI=1S/C20H30N2/c1-6-18(14-22-7-2)16(4)12-17(5)19-9-8-15(3)20(13-19)10-11-21/h7-9,12-13,18,22H,2,4,6,10-11,14,21H2,1,3,5H3/b17-12+. The van der Waals surface area contributed by atoms with E-state index in [4.69, 9.17) is 5.73 Å². The van der Waals surface area contributed by atoms with Crippen molar-refractivity contribution in [1.29, 1.82) is 0 Å². The summed E-state index contributed by atoms with van der Waals surface area (Å²) in [7, 11) is 0. The van der Waals surface area contributed by atoms with E-state index in [0.717, 1.165) is 25.0 Å². The molecule has 2 heteroatoms. The number of hydrogen-bond donors (Lipinski definition) is 2. The van der Waals surface area contributed by atoms with Crippen LogP contribution in [0.5, 0.6) is 0 Å². The third kappa shape index (κ3) is 5.19. The van der Waals surface area contributed by atoms with Crippen molar-refractivity contribution < 1.29 is 0 Å². The molecule has 0 aromatic heterocycles. The number of nitrogens with two attached hydrogens (primary N) is 1. The van der Waals surface area contributed by atoms with E-state index in [1.165, 1.54) is 22.3 Å². The molecule has 0 amide bonds. The number of rotatable bonds is 9. The molecule has 0 spiro atoms. The Morgan fingerprint density at radius 1 is 1.41 bits per heavy atom. The Hall–Kier alpha value is -1.80. The first-order valence-corrected chi connectivity index (χ1v) is 8.04. The highest BCUT2D eigenvalue weighted by Gasteiger charge is 2.09. The van der Waals surface area contributed by atoms with Gasteiger partial charge in [0.15, 0.2) is 0 Å². The zero-order valence-corrected chi connectivity index (χ0v) is 14.3. The fraction of sp³-hybridized carbons (Fsp3) is 0.400. The van der Waals surface area contributed by atoms with Crippen LogP contribution in [0, 0.1) is 12.8 Å². The zero-order chi connectivity index (χ0) is 16.5. The SMILES string of the molecule is C=CNCC(CC)C(=C)/C=C(\C)c1ccc(C)c(CCN)c1. The molecular weight excluding hydrogens is 268 g/mol. The summed E-state index contributed by atoms with van der Waals surface area (Å²) in [5.74, 6) is 0.432. The highest BCUT2D eigenvalue weighted by atomic mass is 14.8. The molecule has 3 N–H and O–H groups in total. The van der Waals surface area contributed by atoms with E-state index in [9.17, 15) is 0 Å². The number of benzene rings is 1. The summed E-state index contributed by atoms with van der Waals surface area (Å²) >= 11 is 0. The molecule has 1 aromatic rings. The van der Waals surface area contributed by atoms with Crippen molar-refractivity contribution in [2.24, 2.45) is 11.7 Å². The minimum atomic E-state index is 0.432. The lowest BCUT2D eigenvalue weighted by Crippen LogP contribution is -2.18. The smallest absolute Gasteiger partial charge is 0.0209 e. The van der Waals surface area contributed by atoms with E-state index in [-0.39, 0.29) is 0 Å². The van der Waals surface area contributed by atoms with Crippen molar-refractivity contribution in [3.63, 3.8) is 0 Å². The lowest BCUT2D eigenvalue weighted by atomic mass is 9.93. The van der Waals surface area contributed by atoms with Crippen molar-refractivity contribution >= 4 is 5.57 Å². The van der Waals surface area contributed by atoms with Crippen LogP contribution >= 0.6 is 0 Å². The largest absolute Gasteiger partial charge is 0.391 e. The van der Waals surface area contributed by atoms with Gasteiger partial charge in [-0.15, -0.1) is 0 Å². The third-order valence-corrected chi connectivity index (χ3v) is 4.15. The van der Waals surface area contributed by atoms with Gasteiger partial charge in [-0.05, 0) is 61.7 Å². The van der Waals surface area contributed by atoms with Crippen molar-refractivity contribution in [3.8, 4) is 0 Å². The average molecular weight is 298 g/mol. The minimum absolute atomic E-state index is 0.432. The second kappa shape index (κ2) is 9.26. The second-order valence-corrected chi connectivity index (χ2v) is 5.80. The van der Waals surface area contributed by atoms with E-state index in [1.807, 2.05) is 0 Å². The van der Waals surface area contributed by atoms with Gasteiger partial charge in [-0.25, -0.2) is 0 Å². The van der Waals surface area contributed by atoms with E-state index < -0.39 is 0 Å². The normalized spacial score (nSPS) is 12.8. The predicted molar refractivity (Wildman–Crippen MR) is 98.7 cm³/mol. The van der Waals surface area contributed by atoms with Gasteiger partial charge in [0, 0.05) is 12.5 Å². The van der Waals surface area contributed by atoms with Crippen LogP contribution in [0.3, 0.4) is 0 Å².